The molecule has 180 valence electrons. The van der Waals surface area contributed by atoms with Gasteiger partial charge in [0.1, 0.15) is 5.60 Å². The number of alkyl halides is 1. The topological polar surface area (TPSA) is 86.1 Å². The molecule has 4 fully saturated rings. The Morgan fingerprint density at radius 3 is 2.76 bits per heavy atom. The third kappa shape index (κ3) is 2.44. The minimum absolute atomic E-state index is 0.0335. The van der Waals surface area contributed by atoms with Gasteiger partial charge in [-0.05, 0) is 68.7 Å². The van der Waals surface area contributed by atoms with E-state index in [0.29, 0.717) is 6.42 Å². The maximum Gasteiger partial charge on any atom is 0.375 e. The molecule has 0 N–H and O–H groups in total. The number of Topliss-reactive ketones (excluding diaryl/α,β-unsaturated/α-hetero) is 1. The number of furan rings is 1. The highest BCUT2D eigenvalue weighted by molar-refractivity contribution is 6.29. The second-order valence-corrected chi connectivity index (χ2v) is 11.4. The first-order valence-electron chi connectivity index (χ1n) is 12.1. The Bertz CT molecular complexity index is 1150. The van der Waals surface area contributed by atoms with Gasteiger partial charge in [0.05, 0.1) is 18.2 Å². The number of hydrogen-bond acceptors (Lipinski definition) is 6. The molecule has 0 amide bonds. The Kier molecular flexibility index (Phi) is 4.55. The lowest BCUT2D eigenvalue weighted by atomic mass is 9.46. The molecule has 4 aliphatic carbocycles. The van der Waals surface area contributed by atoms with Gasteiger partial charge in [-0.1, -0.05) is 25.5 Å². The number of carbonyl (C=O) groups excluding carboxylic acids is 3. The van der Waals surface area contributed by atoms with Crippen molar-refractivity contribution in [2.45, 2.75) is 63.8 Å². The number of rotatable bonds is 4. The second kappa shape index (κ2) is 6.94. The van der Waals surface area contributed by atoms with E-state index in [2.05, 4.69) is 13.8 Å². The quantitative estimate of drug-likeness (QED) is 0.351. The van der Waals surface area contributed by atoms with E-state index in [-0.39, 0.29) is 58.1 Å². The average Bonchev–Trinajstić information content (AvgIpc) is 3.17. The van der Waals surface area contributed by atoms with Gasteiger partial charge in [-0.25, -0.2) is 4.79 Å². The Morgan fingerprint density at radius 2 is 2.06 bits per heavy atom. The van der Waals surface area contributed by atoms with Crippen molar-refractivity contribution >= 4 is 29.1 Å². The van der Waals surface area contributed by atoms with Crippen LogP contribution in [-0.4, -0.2) is 40.7 Å². The number of esters is 1. The van der Waals surface area contributed by atoms with E-state index >= 15 is 0 Å². The molecule has 6 nitrogen and oxygen atoms in total. The highest BCUT2D eigenvalue weighted by Crippen LogP contribution is 2.77. The molecular weight excluding hydrogens is 456 g/mol. The zero-order valence-electron chi connectivity index (χ0n) is 19.6. The third-order valence-electron chi connectivity index (χ3n) is 9.99. The van der Waals surface area contributed by atoms with E-state index in [1.165, 1.54) is 6.26 Å². The van der Waals surface area contributed by atoms with Gasteiger partial charge in [0.2, 0.25) is 5.76 Å². The molecule has 1 spiro atoms. The van der Waals surface area contributed by atoms with Crippen molar-refractivity contribution in [2.75, 3.05) is 5.88 Å². The van der Waals surface area contributed by atoms with Crippen LogP contribution in [0.2, 0.25) is 0 Å². The monoisotopic (exact) mass is 484 g/mol. The molecule has 0 bridgehead atoms. The van der Waals surface area contributed by atoms with Crippen LogP contribution in [0.5, 0.6) is 0 Å². The van der Waals surface area contributed by atoms with Gasteiger partial charge in [0, 0.05) is 16.7 Å². The molecule has 0 radical (unpaired) electrons. The lowest BCUT2D eigenvalue weighted by molar-refractivity contribution is -0.162. The molecule has 6 rings (SSSR count). The minimum Gasteiger partial charge on any atom is -0.457 e. The largest absolute Gasteiger partial charge is 0.457 e. The highest BCUT2D eigenvalue weighted by Gasteiger charge is 2.82. The normalized spacial score (nSPS) is 46.0. The Hall–Kier alpha value is -2.18. The van der Waals surface area contributed by atoms with Gasteiger partial charge in [0.25, 0.3) is 0 Å². The highest BCUT2D eigenvalue weighted by atomic mass is 35.5. The fraction of sp³-hybridized carbons (Fsp3) is 0.593. The third-order valence-corrected chi connectivity index (χ3v) is 10.2. The molecule has 7 heteroatoms. The number of carbonyl (C=O) groups is 3. The van der Waals surface area contributed by atoms with E-state index in [1.54, 1.807) is 24.3 Å². The molecule has 1 saturated heterocycles. The van der Waals surface area contributed by atoms with Crippen molar-refractivity contribution < 1.29 is 28.3 Å². The van der Waals surface area contributed by atoms with Gasteiger partial charge in [0.15, 0.2) is 17.2 Å². The van der Waals surface area contributed by atoms with Crippen LogP contribution in [0.25, 0.3) is 0 Å². The van der Waals surface area contributed by atoms with Crippen LogP contribution in [0.1, 0.15) is 57.0 Å². The summed E-state index contributed by atoms with van der Waals surface area (Å²) in [5.74, 6) is -0.916. The maximum absolute atomic E-state index is 13.6. The summed E-state index contributed by atoms with van der Waals surface area (Å²) >= 11 is 6.15. The number of allylic oxidation sites excluding steroid dienone is 2. The molecule has 5 aliphatic rings. The van der Waals surface area contributed by atoms with Crippen molar-refractivity contribution in [1.82, 2.24) is 0 Å². The summed E-state index contributed by atoms with van der Waals surface area (Å²) in [6, 6.07) is 3.17. The number of ketones is 2. The summed E-state index contributed by atoms with van der Waals surface area (Å²) in [5, 5.41) is 0. The molecule has 1 aromatic heterocycles. The molecule has 8 atom stereocenters. The van der Waals surface area contributed by atoms with Crippen LogP contribution in [0.4, 0.5) is 0 Å². The first-order chi connectivity index (χ1) is 16.1. The first-order valence-corrected chi connectivity index (χ1v) is 12.7. The summed E-state index contributed by atoms with van der Waals surface area (Å²) in [6.45, 7) is 6.27. The molecule has 0 unspecified atom stereocenters. The van der Waals surface area contributed by atoms with E-state index in [0.717, 1.165) is 24.8 Å². The molecule has 0 aromatic carbocycles. The van der Waals surface area contributed by atoms with Gasteiger partial charge in [-0.2, -0.15) is 0 Å². The van der Waals surface area contributed by atoms with Crippen LogP contribution < -0.4 is 0 Å². The SMILES string of the molecule is C[C@@H]1C[C@H]2[C@@H]3CCC4=CC(=O)C=C[C@]4(C)[C@@]34O[C@H]4C[C@]2(C)[C@@]1(OC(=O)c1ccco1)C(=O)CCl. The van der Waals surface area contributed by atoms with Crippen molar-refractivity contribution in [1.29, 1.82) is 0 Å². The molecule has 34 heavy (non-hydrogen) atoms. The predicted octanol–water partition coefficient (Wildman–Crippen LogP) is 4.67. The molecular formula is C27H29ClO6. The van der Waals surface area contributed by atoms with Crippen molar-refractivity contribution in [3.63, 3.8) is 0 Å². The summed E-state index contributed by atoms with van der Waals surface area (Å²) in [5.41, 5.74) is -1.56. The maximum atomic E-state index is 13.6. The van der Waals surface area contributed by atoms with Crippen LogP contribution in [0.15, 0.2) is 46.6 Å². The first kappa shape index (κ1) is 22.3. The summed E-state index contributed by atoms with van der Waals surface area (Å²) in [7, 11) is 0. The standard InChI is InChI=1S/C27H29ClO6/c1-15-11-19-18-7-6-16-12-17(29)8-9-24(16,2)27(18)22(33-27)13-25(19,3)26(15,21(30)14-28)34-23(31)20-5-4-10-32-20/h4-5,8-10,12,15,18-19,22H,6-7,11,13-14H2,1-3H3/t15-,18+,19+,22+,24+,25+,26+,27-/m1/s1. The number of ether oxygens (including phenoxy) is 2. The Balaban J connectivity index is 1.43. The van der Waals surface area contributed by atoms with Crippen LogP contribution in [-0.2, 0) is 19.1 Å². The lowest BCUT2D eigenvalue weighted by Gasteiger charge is -2.56. The van der Waals surface area contributed by atoms with Gasteiger partial charge in [-0.3, -0.25) is 9.59 Å². The predicted molar refractivity (Wildman–Crippen MR) is 123 cm³/mol. The molecule has 3 saturated carbocycles. The van der Waals surface area contributed by atoms with Gasteiger partial charge in [-0.15, -0.1) is 11.6 Å². The molecule has 2 heterocycles. The Labute approximate surface area is 203 Å². The van der Waals surface area contributed by atoms with Crippen molar-refractivity contribution in [2.24, 2.45) is 28.6 Å². The number of halogens is 1. The minimum atomic E-state index is -1.35. The fourth-order valence-electron chi connectivity index (χ4n) is 8.53. The molecule has 1 aromatic rings. The summed E-state index contributed by atoms with van der Waals surface area (Å²) < 4.78 is 18.0. The molecule has 1 aliphatic heterocycles. The lowest BCUT2D eigenvalue weighted by Crippen LogP contribution is -2.63. The van der Waals surface area contributed by atoms with E-state index in [9.17, 15) is 14.4 Å². The van der Waals surface area contributed by atoms with Crippen LogP contribution in [0, 0.1) is 28.6 Å². The van der Waals surface area contributed by atoms with E-state index < -0.39 is 17.0 Å². The average molecular weight is 485 g/mol. The smallest absolute Gasteiger partial charge is 0.375 e. The number of hydrogen-bond donors (Lipinski definition) is 0. The van der Waals surface area contributed by atoms with Crippen molar-refractivity contribution in [3.8, 4) is 0 Å². The van der Waals surface area contributed by atoms with Crippen LogP contribution >= 0.6 is 11.6 Å². The second-order valence-electron chi connectivity index (χ2n) is 11.2. The zero-order chi connectivity index (χ0) is 24.1. The van der Waals surface area contributed by atoms with E-state index in [4.69, 9.17) is 25.5 Å². The number of epoxide rings is 1. The summed E-state index contributed by atoms with van der Waals surface area (Å²) in [4.78, 5) is 38.8. The van der Waals surface area contributed by atoms with Crippen molar-refractivity contribution in [3.05, 3.63) is 48.0 Å². The zero-order valence-corrected chi connectivity index (χ0v) is 20.4. The van der Waals surface area contributed by atoms with Gasteiger partial charge >= 0.3 is 5.97 Å². The fourth-order valence-corrected chi connectivity index (χ4v) is 8.73. The number of fused-ring (bicyclic) bond motifs is 3. The Morgan fingerprint density at radius 1 is 1.26 bits per heavy atom. The summed E-state index contributed by atoms with van der Waals surface area (Å²) in [6.07, 6.45) is 9.84. The van der Waals surface area contributed by atoms with Gasteiger partial charge < -0.3 is 13.9 Å². The van der Waals surface area contributed by atoms with E-state index in [1.807, 2.05) is 13.0 Å². The van der Waals surface area contributed by atoms with Crippen LogP contribution in [0.3, 0.4) is 0 Å².